The molecule has 0 aromatic rings. The van der Waals surface area contributed by atoms with Crippen LogP contribution >= 0.6 is 0 Å². The number of hydrazine groups is 1. The van der Waals surface area contributed by atoms with Gasteiger partial charge < -0.3 is 0 Å². The zero-order valence-corrected chi connectivity index (χ0v) is 18.5. The summed E-state index contributed by atoms with van der Waals surface area (Å²) in [5.74, 6) is -0.781. The minimum atomic E-state index is -4.11. The van der Waals surface area contributed by atoms with Crippen molar-refractivity contribution in [2.75, 3.05) is 32.9 Å². The van der Waals surface area contributed by atoms with E-state index in [0.717, 1.165) is 19.4 Å². The van der Waals surface area contributed by atoms with E-state index in [4.69, 9.17) is 0 Å². The first kappa shape index (κ1) is 22.7. The molecular formula is C19H34F3N5O2S. The molecule has 4 rings (SSSR count). The molecule has 11 heteroatoms. The Morgan fingerprint density at radius 2 is 1.63 bits per heavy atom. The van der Waals surface area contributed by atoms with Gasteiger partial charge in [0.1, 0.15) is 0 Å². The van der Waals surface area contributed by atoms with Crippen molar-refractivity contribution < 1.29 is 21.6 Å². The van der Waals surface area contributed by atoms with Crippen LogP contribution in [0, 0.1) is 17.8 Å². The summed E-state index contributed by atoms with van der Waals surface area (Å²) in [5, 5.41) is 9.43. The third-order valence-corrected chi connectivity index (χ3v) is 8.90. The highest BCUT2D eigenvalue weighted by atomic mass is 32.2. The molecule has 3 N–H and O–H groups in total. The van der Waals surface area contributed by atoms with Crippen LogP contribution in [0.2, 0.25) is 0 Å². The number of alkyl halides is 3. The third kappa shape index (κ3) is 4.80. The summed E-state index contributed by atoms with van der Waals surface area (Å²) in [6.07, 6.45) is 0.244. The second-order valence-corrected chi connectivity index (χ2v) is 11.6. The molecule has 0 radical (unpaired) electrons. The van der Waals surface area contributed by atoms with Crippen LogP contribution in [0.3, 0.4) is 0 Å². The maximum absolute atomic E-state index is 13.1. The summed E-state index contributed by atoms with van der Waals surface area (Å²) in [6.45, 7) is 1.90. The highest BCUT2D eigenvalue weighted by molar-refractivity contribution is 7.88. The van der Waals surface area contributed by atoms with Crippen LogP contribution in [0.25, 0.3) is 0 Å². The zero-order valence-electron chi connectivity index (χ0n) is 17.7. The number of hydrogen-bond donors (Lipinski definition) is 3. The molecule has 3 saturated heterocycles. The summed E-state index contributed by atoms with van der Waals surface area (Å²) < 4.78 is 65.0. The van der Waals surface area contributed by atoms with Crippen LogP contribution in [0.1, 0.15) is 38.5 Å². The van der Waals surface area contributed by atoms with E-state index in [1.807, 2.05) is 7.05 Å². The van der Waals surface area contributed by atoms with Crippen LogP contribution in [0.15, 0.2) is 0 Å². The second-order valence-electron chi connectivity index (χ2n) is 9.62. The number of sulfonamides is 1. The van der Waals surface area contributed by atoms with Crippen molar-refractivity contribution in [3.63, 3.8) is 0 Å². The van der Waals surface area contributed by atoms with E-state index in [-0.39, 0.29) is 49.0 Å². The van der Waals surface area contributed by atoms with Gasteiger partial charge in [-0.25, -0.2) is 17.7 Å². The number of halogens is 3. The Morgan fingerprint density at radius 3 is 2.20 bits per heavy atom. The summed E-state index contributed by atoms with van der Waals surface area (Å²) in [5.41, 5.74) is 3.51. The lowest BCUT2D eigenvalue weighted by molar-refractivity contribution is -0.185. The van der Waals surface area contributed by atoms with Crippen molar-refractivity contribution in [3.8, 4) is 0 Å². The Bertz CT molecular complexity index is 713. The van der Waals surface area contributed by atoms with Crippen LogP contribution in [-0.4, -0.2) is 81.1 Å². The van der Waals surface area contributed by atoms with E-state index < -0.39 is 22.1 Å². The van der Waals surface area contributed by atoms with Gasteiger partial charge in [0.2, 0.25) is 10.0 Å². The fraction of sp³-hybridized carbons (Fsp3) is 1.00. The average molecular weight is 454 g/mol. The molecule has 3 heterocycles. The van der Waals surface area contributed by atoms with Crippen LogP contribution < -0.4 is 16.1 Å². The Hall–Kier alpha value is -0.460. The van der Waals surface area contributed by atoms with Gasteiger partial charge in [0.15, 0.2) is 0 Å². The maximum atomic E-state index is 13.1. The van der Waals surface area contributed by atoms with Gasteiger partial charge in [-0.15, -0.1) is 0 Å². The fourth-order valence-electron chi connectivity index (χ4n) is 5.93. The molecule has 0 aromatic heterocycles. The molecule has 0 amide bonds. The van der Waals surface area contributed by atoms with E-state index in [2.05, 4.69) is 21.1 Å². The van der Waals surface area contributed by atoms with Gasteiger partial charge in [-0.05, 0) is 50.4 Å². The highest BCUT2D eigenvalue weighted by Crippen LogP contribution is 2.41. The van der Waals surface area contributed by atoms with E-state index in [1.165, 1.54) is 10.6 Å². The molecule has 1 saturated carbocycles. The molecule has 30 heavy (non-hydrogen) atoms. The standard InChI is InChI=1S/C19H34F3N5O2S/c1-26-9-8-15(25-26)17-14-7-10-27(30(2,28)29)11-16(14)23-18(24-17)12-3-5-13(6-4-12)19(20,21)22/h12-18,23-25H,3-11H2,1-2H3. The maximum Gasteiger partial charge on any atom is 0.391 e. The number of piperidine rings is 1. The van der Waals surface area contributed by atoms with Crippen molar-refractivity contribution >= 4 is 10.0 Å². The molecular weight excluding hydrogens is 419 g/mol. The van der Waals surface area contributed by atoms with Crippen molar-refractivity contribution in [3.05, 3.63) is 0 Å². The van der Waals surface area contributed by atoms with E-state index in [1.54, 1.807) is 0 Å². The van der Waals surface area contributed by atoms with Gasteiger partial charge in [-0.1, -0.05) is 0 Å². The lowest BCUT2D eigenvalue weighted by Crippen LogP contribution is -2.72. The molecule has 5 unspecified atom stereocenters. The fourth-order valence-corrected chi connectivity index (χ4v) is 6.80. The second kappa shape index (κ2) is 8.47. The molecule has 4 aliphatic rings. The van der Waals surface area contributed by atoms with Gasteiger partial charge in [-0.3, -0.25) is 16.1 Å². The average Bonchev–Trinajstić information content (AvgIpc) is 3.11. The Morgan fingerprint density at radius 1 is 0.933 bits per heavy atom. The zero-order chi connectivity index (χ0) is 21.7. The van der Waals surface area contributed by atoms with E-state index in [9.17, 15) is 21.6 Å². The summed E-state index contributed by atoms with van der Waals surface area (Å²) in [6, 6.07) is 0.439. The minimum Gasteiger partial charge on any atom is -0.297 e. The predicted molar refractivity (Wildman–Crippen MR) is 108 cm³/mol. The normalized spacial score (nSPS) is 42.2. The molecule has 0 aromatic carbocycles. The van der Waals surface area contributed by atoms with E-state index in [0.29, 0.717) is 25.9 Å². The van der Waals surface area contributed by atoms with Gasteiger partial charge in [-0.2, -0.15) is 13.2 Å². The van der Waals surface area contributed by atoms with Gasteiger partial charge in [0.25, 0.3) is 0 Å². The number of hydrogen-bond acceptors (Lipinski definition) is 6. The Balaban J connectivity index is 1.48. The van der Waals surface area contributed by atoms with Gasteiger partial charge >= 0.3 is 6.18 Å². The first-order chi connectivity index (χ1) is 14.0. The first-order valence-corrected chi connectivity index (χ1v) is 12.9. The van der Waals surface area contributed by atoms with Crippen molar-refractivity contribution in [1.29, 1.82) is 0 Å². The molecule has 0 bridgehead atoms. The lowest BCUT2D eigenvalue weighted by atomic mass is 9.75. The molecule has 4 fully saturated rings. The molecule has 174 valence electrons. The van der Waals surface area contributed by atoms with Crippen LogP contribution in [0.4, 0.5) is 13.2 Å². The van der Waals surface area contributed by atoms with Gasteiger partial charge in [0.05, 0.1) is 18.3 Å². The van der Waals surface area contributed by atoms with Gasteiger partial charge in [0, 0.05) is 44.8 Å². The summed E-state index contributed by atoms with van der Waals surface area (Å²) in [7, 11) is -1.25. The molecule has 5 atom stereocenters. The third-order valence-electron chi connectivity index (χ3n) is 7.63. The topological polar surface area (TPSA) is 76.7 Å². The van der Waals surface area contributed by atoms with Crippen molar-refractivity contribution in [2.24, 2.45) is 17.8 Å². The minimum absolute atomic E-state index is 0.0118. The van der Waals surface area contributed by atoms with Crippen LogP contribution in [-0.2, 0) is 10.0 Å². The Labute approximate surface area is 177 Å². The highest BCUT2D eigenvalue weighted by Gasteiger charge is 2.48. The van der Waals surface area contributed by atoms with Crippen molar-refractivity contribution in [1.82, 2.24) is 25.4 Å². The number of nitrogens with one attached hydrogen (secondary N) is 3. The summed E-state index contributed by atoms with van der Waals surface area (Å²) in [4.78, 5) is 0. The number of fused-ring (bicyclic) bond motifs is 1. The van der Waals surface area contributed by atoms with Crippen LogP contribution in [0.5, 0.6) is 0 Å². The Kier molecular flexibility index (Phi) is 6.42. The summed E-state index contributed by atoms with van der Waals surface area (Å²) >= 11 is 0. The quantitative estimate of drug-likeness (QED) is 0.594. The molecule has 7 nitrogen and oxygen atoms in total. The smallest absolute Gasteiger partial charge is 0.297 e. The molecule has 1 aliphatic carbocycles. The first-order valence-electron chi connectivity index (χ1n) is 11.0. The lowest BCUT2D eigenvalue weighted by Gasteiger charge is -2.52. The SMILES string of the molecule is CN1CCC(C2NC(C3CCC(C(F)(F)F)CC3)NC3CN(S(C)(=O)=O)CCC32)N1. The van der Waals surface area contributed by atoms with Crippen molar-refractivity contribution in [2.45, 2.75) is 69.0 Å². The monoisotopic (exact) mass is 453 g/mol. The molecule has 0 spiro atoms. The predicted octanol–water partition coefficient (Wildman–Crippen LogP) is 1.10. The molecule has 3 aliphatic heterocycles. The largest absolute Gasteiger partial charge is 0.391 e. The number of rotatable bonds is 3. The van der Waals surface area contributed by atoms with E-state index >= 15 is 0 Å². The number of nitrogens with zero attached hydrogens (tertiary/aromatic N) is 2.